The fourth-order valence-corrected chi connectivity index (χ4v) is 2.62. The summed E-state index contributed by atoms with van der Waals surface area (Å²) in [6, 6.07) is 14.5. The van der Waals surface area contributed by atoms with Gasteiger partial charge in [0.05, 0.1) is 11.5 Å². The third-order valence-corrected chi connectivity index (χ3v) is 3.81. The summed E-state index contributed by atoms with van der Waals surface area (Å²) in [7, 11) is 0. The van der Waals surface area contributed by atoms with Crippen LogP contribution >= 0.6 is 0 Å². The van der Waals surface area contributed by atoms with Gasteiger partial charge in [0.15, 0.2) is 0 Å². The van der Waals surface area contributed by atoms with Gasteiger partial charge in [-0.3, -0.25) is 4.79 Å². The minimum atomic E-state index is -0.962. The number of carboxylic acid groups (broad SMARTS) is 1. The standard InChI is InChI=1S/C17H15NO3/c19-16(15-9-12-5-1-2-7-14(12)15)18-10-11-4-3-6-13(8-11)17(20)21/h1-8,15H,9-10H2,(H,18,19)(H,20,21). The Morgan fingerprint density at radius 1 is 1.14 bits per heavy atom. The van der Waals surface area contributed by atoms with Crippen LogP contribution in [0.15, 0.2) is 48.5 Å². The minimum absolute atomic E-state index is 0.00516. The van der Waals surface area contributed by atoms with Crippen molar-refractivity contribution in [1.82, 2.24) is 5.32 Å². The van der Waals surface area contributed by atoms with Gasteiger partial charge in [-0.15, -0.1) is 0 Å². The Morgan fingerprint density at radius 2 is 1.95 bits per heavy atom. The third kappa shape index (κ3) is 2.65. The Kier molecular flexibility index (Phi) is 3.44. The molecule has 0 heterocycles. The van der Waals surface area contributed by atoms with Crippen LogP contribution in [0, 0.1) is 0 Å². The summed E-state index contributed by atoms with van der Waals surface area (Å²) in [4.78, 5) is 23.1. The van der Waals surface area contributed by atoms with E-state index in [4.69, 9.17) is 5.11 Å². The molecule has 0 fully saturated rings. The second-order valence-electron chi connectivity index (χ2n) is 5.18. The van der Waals surface area contributed by atoms with Crippen LogP contribution in [0.3, 0.4) is 0 Å². The van der Waals surface area contributed by atoms with E-state index in [0.29, 0.717) is 6.54 Å². The number of carboxylic acids is 1. The number of carbonyl (C=O) groups is 2. The number of benzene rings is 2. The van der Waals surface area contributed by atoms with Crippen LogP contribution in [-0.4, -0.2) is 17.0 Å². The SMILES string of the molecule is O=C(O)c1cccc(CNC(=O)C2Cc3ccccc32)c1. The van der Waals surface area contributed by atoms with E-state index in [-0.39, 0.29) is 17.4 Å². The highest BCUT2D eigenvalue weighted by Gasteiger charge is 2.31. The van der Waals surface area contributed by atoms with Crippen molar-refractivity contribution in [3.05, 3.63) is 70.8 Å². The second kappa shape index (κ2) is 5.40. The number of hydrogen-bond donors (Lipinski definition) is 2. The number of carbonyl (C=O) groups excluding carboxylic acids is 1. The highest BCUT2D eigenvalue weighted by atomic mass is 16.4. The minimum Gasteiger partial charge on any atom is -0.478 e. The lowest BCUT2D eigenvalue weighted by Crippen LogP contribution is -2.35. The van der Waals surface area contributed by atoms with E-state index in [9.17, 15) is 9.59 Å². The molecule has 4 heteroatoms. The number of amides is 1. The van der Waals surface area contributed by atoms with Gasteiger partial charge in [0, 0.05) is 6.54 Å². The highest BCUT2D eigenvalue weighted by molar-refractivity contribution is 5.88. The van der Waals surface area contributed by atoms with Crippen molar-refractivity contribution in [2.45, 2.75) is 18.9 Å². The quantitative estimate of drug-likeness (QED) is 0.904. The van der Waals surface area contributed by atoms with E-state index in [1.807, 2.05) is 24.3 Å². The van der Waals surface area contributed by atoms with Gasteiger partial charge >= 0.3 is 5.97 Å². The Balaban J connectivity index is 1.63. The fraction of sp³-hybridized carbons (Fsp3) is 0.176. The molecule has 0 saturated carbocycles. The van der Waals surface area contributed by atoms with E-state index in [2.05, 4.69) is 5.32 Å². The van der Waals surface area contributed by atoms with Crippen LogP contribution in [0.5, 0.6) is 0 Å². The molecule has 0 aromatic heterocycles. The van der Waals surface area contributed by atoms with Crippen molar-refractivity contribution in [2.75, 3.05) is 0 Å². The summed E-state index contributed by atoms with van der Waals surface area (Å²) in [5, 5.41) is 11.8. The summed E-state index contributed by atoms with van der Waals surface area (Å²) < 4.78 is 0. The molecule has 0 radical (unpaired) electrons. The van der Waals surface area contributed by atoms with Crippen LogP contribution < -0.4 is 5.32 Å². The average Bonchev–Trinajstić information content (AvgIpc) is 2.47. The molecule has 2 aromatic rings. The number of hydrogen-bond acceptors (Lipinski definition) is 2. The molecule has 0 spiro atoms. The number of aromatic carboxylic acids is 1. The van der Waals surface area contributed by atoms with Gasteiger partial charge < -0.3 is 10.4 Å². The zero-order valence-corrected chi connectivity index (χ0v) is 11.4. The number of nitrogens with one attached hydrogen (secondary N) is 1. The smallest absolute Gasteiger partial charge is 0.335 e. The molecule has 3 rings (SSSR count). The predicted molar refractivity (Wildman–Crippen MR) is 78.1 cm³/mol. The normalized spacial score (nSPS) is 15.7. The monoisotopic (exact) mass is 281 g/mol. The Bertz CT molecular complexity index is 709. The highest BCUT2D eigenvalue weighted by Crippen LogP contribution is 2.34. The van der Waals surface area contributed by atoms with Gasteiger partial charge in [-0.1, -0.05) is 36.4 Å². The van der Waals surface area contributed by atoms with Gasteiger partial charge in [0.1, 0.15) is 0 Å². The van der Waals surface area contributed by atoms with Crippen LogP contribution in [0.25, 0.3) is 0 Å². The summed E-state index contributed by atoms with van der Waals surface area (Å²) in [5.74, 6) is -1.05. The maximum atomic E-state index is 12.2. The molecule has 2 N–H and O–H groups in total. The molecule has 1 aliphatic rings. The molecule has 1 aliphatic carbocycles. The molecule has 1 atom stereocenters. The molecular formula is C17H15NO3. The van der Waals surface area contributed by atoms with Gasteiger partial charge in [-0.05, 0) is 35.2 Å². The fourth-order valence-electron chi connectivity index (χ4n) is 2.62. The lowest BCUT2D eigenvalue weighted by molar-refractivity contribution is -0.123. The zero-order valence-electron chi connectivity index (χ0n) is 11.4. The van der Waals surface area contributed by atoms with E-state index >= 15 is 0 Å². The van der Waals surface area contributed by atoms with Crippen LogP contribution in [0.2, 0.25) is 0 Å². The molecule has 106 valence electrons. The molecule has 0 bridgehead atoms. The van der Waals surface area contributed by atoms with E-state index < -0.39 is 5.97 Å². The maximum absolute atomic E-state index is 12.2. The van der Waals surface area contributed by atoms with Gasteiger partial charge in [-0.25, -0.2) is 4.79 Å². The molecule has 1 amide bonds. The molecule has 2 aromatic carbocycles. The zero-order chi connectivity index (χ0) is 14.8. The Morgan fingerprint density at radius 3 is 2.71 bits per heavy atom. The Hall–Kier alpha value is -2.62. The van der Waals surface area contributed by atoms with E-state index in [0.717, 1.165) is 17.5 Å². The van der Waals surface area contributed by atoms with Gasteiger partial charge in [-0.2, -0.15) is 0 Å². The summed E-state index contributed by atoms with van der Waals surface area (Å²) >= 11 is 0. The molecule has 0 saturated heterocycles. The first-order valence-corrected chi connectivity index (χ1v) is 6.83. The van der Waals surface area contributed by atoms with Gasteiger partial charge in [0.2, 0.25) is 5.91 Å². The van der Waals surface area contributed by atoms with Crippen molar-refractivity contribution < 1.29 is 14.7 Å². The number of fused-ring (bicyclic) bond motifs is 1. The molecule has 4 nitrogen and oxygen atoms in total. The molecule has 1 unspecified atom stereocenters. The lowest BCUT2D eigenvalue weighted by Gasteiger charge is -2.28. The van der Waals surface area contributed by atoms with Crippen molar-refractivity contribution in [1.29, 1.82) is 0 Å². The Labute approximate surface area is 122 Å². The van der Waals surface area contributed by atoms with Crippen molar-refractivity contribution in [2.24, 2.45) is 0 Å². The first kappa shape index (κ1) is 13.4. The van der Waals surface area contributed by atoms with Gasteiger partial charge in [0.25, 0.3) is 0 Å². The largest absolute Gasteiger partial charge is 0.478 e. The molecular weight excluding hydrogens is 266 g/mol. The van der Waals surface area contributed by atoms with Crippen molar-refractivity contribution in [3.8, 4) is 0 Å². The van der Waals surface area contributed by atoms with Crippen molar-refractivity contribution >= 4 is 11.9 Å². The predicted octanol–water partition coefficient (Wildman–Crippen LogP) is 2.34. The molecule has 21 heavy (non-hydrogen) atoms. The topological polar surface area (TPSA) is 66.4 Å². The van der Waals surface area contributed by atoms with E-state index in [1.165, 1.54) is 11.6 Å². The third-order valence-electron chi connectivity index (χ3n) is 3.81. The maximum Gasteiger partial charge on any atom is 0.335 e. The summed E-state index contributed by atoms with van der Waals surface area (Å²) in [5.41, 5.74) is 3.34. The van der Waals surface area contributed by atoms with Crippen LogP contribution in [-0.2, 0) is 17.8 Å². The molecule has 0 aliphatic heterocycles. The summed E-state index contributed by atoms with van der Waals surface area (Å²) in [6.45, 7) is 0.346. The first-order valence-electron chi connectivity index (χ1n) is 6.83. The van der Waals surface area contributed by atoms with Crippen LogP contribution in [0.4, 0.5) is 0 Å². The first-order chi connectivity index (χ1) is 10.1. The van der Waals surface area contributed by atoms with E-state index in [1.54, 1.807) is 18.2 Å². The van der Waals surface area contributed by atoms with Crippen LogP contribution in [0.1, 0.15) is 33.0 Å². The van der Waals surface area contributed by atoms with Crippen molar-refractivity contribution in [3.63, 3.8) is 0 Å². The average molecular weight is 281 g/mol. The number of rotatable bonds is 4. The lowest BCUT2D eigenvalue weighted by atomic mass is 9.77. The second-order valence-corrected chi connectivity index (χ2v) is 5.18. The summed E-state index contributed by atoms with van der Waals surface area (Å²) in [6.07, 6.45) is 0.775.